The maximum Gasteiger partial charge on any atom is 0.293 e. The Balaban J connectivity index is 1.67. The number of nitro benzene ring substituents is 1. The van der Waals surface area contributed by atoms with Gasteiger partial charge in [0.1, 0.15) is 5.69 Å². The highest BCUT2D eigenvalue weighted by Gasteiger charge is 2.27. The zero-order chi connectivity index (χ0) is 17.1. The van der Waals surface area contributed by atoms with Crippen molar-refractivity contribution in [3.8, 4) is 0 Å². The van der Waals surface area contributed by atoms with Crippen molar-refractivity contribution in [1.82, 2.24) is 10.6 Å². The summed E-state index contributed by atoms with van der Waals surface area (Å²) < 4.78 is 0. The van der Waals surface area contributed by atoms with E-state index in [0.29, 0.717) is 17.3 Å². The van der Waals surface area contributed by atoms with Crippen molar-refractivity contribution in [2.45, 2.75) is 31.7 Å². The maximum absolute atomic E-state index is 11.7. The van der Waals surface area contributed by atoms with Gasteiger partial charge in [-0.2, -0.15) is 0 Å². The van der Waals surface area contributed by atoms with Crippen molar-refractivity contribution in [2.24, 2.45) is 5.92 Å². The third-order valence-corrected chi connectivity index (χ3v) is 4.89. The molecule has 7 heteroatoms. The molecule has 1 saturated carbocycles. The first-order chi connectivity index (χ1) is 11.6. The minimum Gasteiger partial charge on any atom is -0.366 e. The standard InChI is InChI=1S/C17H24N4O3/c1-18-17(22)13-4-5-15(16(10-13)21(23)24)20-8-6-14(7-9-20)19-11-12-2-3-12/h4-5,10,12,14,19H,2-3,6-9,11H2,1H3,(H,18,22). The smallest absolute Gasteiger partial charge is 0.293 e. The van der Waals surface area contributed by atoms with Crippen LogP contribution in [0.3, 0.4) is 0 Å². The summed E-state index contributed by atoms with van der Waals surface area (Å²) in [7, 11) is 1.52. The molecule has 7 nitrogen and oxygen atoms in total. The zero-order valence-corrected chi connectivity index (χ0v) is 14.0. The quantitative estimate of drug-likeness (QED) is 0.614. The van der Waals surface area contributed by atoms with E-state index in [4.69, 9.17) is 0 Å². The van der Waals surface area contributed by atoms with Crippen LogP contribution in [0.25, 0.3) is 0 Å². The van der Waals surface area contributed by atoms with Crippen molar-refractivity contribution in [3.63, 3.8) is 0 Å². The number of rotatable bonds is 6. The molecule has 130 valence electrons. The number of hydrogen-bond donors (Lipinski definition) is 2. The second kappa shape index (κ2) is 7.17. The van der Waals surface area contributed by atoms with Gasteiger partial charge in [-0.25, -0.2) is 0 Å². The Morgan fingerprint density at radius 2 is 2.00 bits per heavy atom. The van der Waals surface area contributed by atoms with Crippen LogP contribution >= 0.6 is 0 Å². The lowest BCUT2D eigenvalue weighted by atomic mass is 10.0. The zero-order valence-electron chi connectivity index (χ0n) is 14.0. The molecule has 1 saturated heterocycles. The number of piperidine rings is 1. The highest BCUT2D eigenvalue weighted by atomic mass is 16.6. The summed E-state index contributed by atoms with van der Waals surface area (Å²) in [5.41, 5.74) is 0.919. The Morgan fingerprint density at radius 1 is 1.29 bits per heavy atom. The van der Waals surface area contributed by atoms with Gasteiger partial charge in [-0.3, -0.25) is 14.9 Å². The largest absolute Gasteiger partial charge is 0.366 e. The van der Waals surface area contributed by atoms with Crippen LogP contribution in [-0.2, 0) is 0 Å². The van der Waals surface area contributed by atoms with Crippen LogP contribution in [-0.4, -0.2) is 43.6 Å². The van der Waals surface area contributed by atoms with E-state index in [9.17, 15) is 14.9 Å². The first-order valence-corrected chi connectivity index (χ1v) is 8.57. The molecule has 1 aliphatic carbocycles. The molecule has 0 spiro atoms. The van der Waals surface area contributed by atoms with Crippen molar-refractivity contribution in [1.29, 1.82) is 0 Å². The van der Waals surface area contributed by atoms with Crippen molar-refractivity contribution in [2.75, 3.05) is 31.6 Å². The molecule has 1 amide bonds. The predicted molar refractivity (Wildman–Crippen MR) is 92.4 cm³/mol. The van der Waals surface area contributed by atoms with Crippen LogP contribution < -0.4 is 15.5 Å². The molecule has 0 atom stereocenters. The van der Waals surface area contributed by atoms with Crippen LogP contribution in [0.15, 0.2) is 18.2 Å². The molecule has 1 aliphatic heterocycles. The number of nitrogens with one attached hydrogen (secondary N) is 2. The third kappa shape index (κ3) is 3.84. The van der Waals surface area contributed by atoms with E-state index in [1.54, 1.807) is 12.1 Å². The minimum absolute atomic E-state index is 0.000453. The average Bonchev–Trinajstić information content (AvgIpc) is 3.43. The minimum atomic E-state index is -0.404. The molecule has 1 heterocycles. The Morgan fingerprint density at radius 3 is 2.58 bits per heavy atom. The van der Waals surface area contributed by atoms with E-state index < -0.39 is 4.92 Å². The van der Waals surface area contributed by atoms with Gasteiger partial charge in [0, 0.05) is 37.8 Å². The van der Waals surface area contributed by atoms with Gasteiger partial charge in [-0.1, -0.05) is 0 Å². The molecule has 1 aromatic rings. The number of amides is 1. The SMILES string of the molecule is CNC(=O)c1ccc(N2CCC(NCC3CC3)CC2)c([N+](=O)[O-])c1. The van der Waals surface area contributed by atoms with Crippen molar-refractivity contribution >= 4 is 17.3 Å². The van der Waals surface area contributed by atoms with E-state index in [2.05, 4.69) is 15.5 Å². The number of hydrogen-bond acceptors (Lipinski definition) is 5. The molecule has 24 heavy (non-hydrogen) atoms. The Kier molecular flexibility index (Phi) is 4.99. The van der Waals surface area contributed by atoms with Gasteiger partial charge in [0.25, 0.3) is 11.6 Å². The number of carbonyl (C=O) groups is 1. The average molecular weight is 332 g/mol. The summed E-state index contributed by atoms with van der Waals surface area (Å²) in [4.78, 5) is 24.8. The van der Waals surface area contributed by atoms with E-state index in [0.717, 1.165) is 38.4 Å². The molecule has 2 N–H and O–H groups in total. The monoisotopic (exact) mass is 332 g/mol. The van der Waals surface area contributed by atoms with Crippen LogP contribution in [0, 0.1) is 16.0 Å². The number of nitrogens with zero attached hydrogens (tertiary/aromatic N) is 2. The van der Waals surface area contributed by atoms with Crippen LogP contribution in [0.1, 0.15) is 36.0 Å². The predicted octanol–water partition coefficient (Wildman–Crippen LogP) is 1.92. The molecule has 2 fully saturated rings. The van der Waals surface area contributed by atoms with Crippen LogP contribution in [0.5, 0.6) is 0 Å². The molecular formula is C17H24N4O3. The summed E-state index contributed by atoms with van der Waals surface area (Å²) in [5, 5.41) is 17.5. The number of benzene rings is 1. The van der Waals surface area contributed by atoms with Gasteiger partial charge >= 0.3 is 0 Å². The van der Waals surface area contributed by atoms with Gasteiger partial charge < -0.3 is 15.5 Å². The molecular weight excluding hydrogens is 308 g/mol. The highest BCUT2D eigenvalue weighted by molar-refractivity contribution is 5.95. The van der Waals surface area contributed by atoms with Gasteiger partial charge in [-0.05, 0) is 50.3 Å². The molecule has 0 aromatic heterocycles. The van der Waals surface area contributed by atoms with Crippen LogP contribution in [0.4, 0.5) is 11.4 Å². The summed E-state index contributed by atoms with van der Waals surface area (Å²) >= 11 is 0. The molecule has 1 aromatic carbocycles. The lowest BCUT2D eigenvalue weighted by Gasteiger charge is -2.33. The van der Waals surface area contributed by atoms with E-state index in [-0.39, 0.29) is 11.6 Å². The lowest BCUT2D eigenvalue weighted by molar-refractivity contribution is -0.384. The third-order valence-electron chi connectivity index (χ3n) is 4.89. The summed E-state index contributed by atoms with van der Waals surface area (Å²) in [6, 6.07) is 5.22. The first kappa shape index (κ1) is 16.7. The maximum atomic E-state index is 11.7. The Labute approximate surface area is 141 Å². The number of carbonyl (C=O) groups excluding carboxylic acids is 1. The van der Waals surface area contributed by atoms with Gasteiger partial charge in [0.05, 0.1) is 4.92 Å². The summed E-state index contributed by atoms with van der Waals surface area (Å²) in [6.07, 6.45) is 4.66. The summed E-state index contributed by atoms with van der Waals surface area (Å²) in [6.45, 7) is 2.69. The van der Waals surface area contributed by atoms with Crippen molar-refractivity contribution in [3.05, 3.63) is 33.9 Å². The Hall–Kier alpha value is -2.15. The molecule has 0 unspecified atom stereocenters. The summed E-state index contributed by atoms with van der Waals surface area (Å²) in [5.74, 6) is 0.550. The first-order valence-electron chi connectivity index (χ1n) is 8.57. The molecule has 0 radical (unpaired) electrons. The lowest BCUT2D eigenvalue weighted by Crippen LogP contribution is -2.43. The molecule has 3 rings (SSSR count). The molecule has 2 aliphatic rings. The van der Waals surface area contributed by atoms with Crippen molar-refractivity contribution < 1.29 is 9.72 Å². The number of anilines is 1. The number of nitro groups is 1. The normalized spacial score (nSPS) is 18.5. The van der Waals surface area contributed by atoms with E-state index in [1.165, 1.54) is 26.0 Å². The fourth-order valence-corrected chi connectivity index (χ4v) is 3.20. The fraction of sp³-hybridized carbons (Fsp3) is 0.588. The fourth-order valence-electron chi connectivity index (χ4n) is 3.20. The molecule has 0 bridgehead atoms. The van der Waals surface area contributed by atoms with E-state index >= 15 is 0 Å². The second-order valence-corrected chi connectivity index (χ2v) is 6.65. The van der Waals surface area contributed by atoms with Gasteiger partial charge in [0.15, 0.2) is 0 Å². The van der Waals surface area contributed by atoms with Crippen LogP contribution in [0.2, 0.25) is 0 Å². The topological polar surface area (TPSA) is 87.5 Å². The van der Waals surface area contributed by atoms with Gasteiger partial charge in [0.2, 0.25) is 0 Å². The van der Waals surface area contributed by atoms with Gasteiger partial charge in [-0.15, -0.1) is 0 Å². The second-order valence-electron chi connectivity index (χ2n) is 6.65. The highest BCUT2D eigenvalue weighted by Crippen LogP contribution is 2.32. The Bertz CT molecular complexity index is 622. The van der Waals surface area contributed by atoms with E-state index in [1.807, 2.05) is 0 Å².